The van der Waals surface area contributed by atoms with Gasteiger partial charge in [0.15, 0.2) is 9.84 Å². The van der Waals surface area contributed by atoms with Gasteiger partial charge in [0.2, 0.25) is 5.91 Å². The van der Waals surface area contributed by atoms with Crippen LogP contribution in [-0.4, -0.2) is 49.9 Å². The lowest BCUT2D eigenvalue weighted by Gasteiger charge is -2.30. The Labute approximate surface area is 151 Å². The minimum absolute atomic E-state index is 0.0493. The van der Waals surface area contributed by atoms with Gasteiger partial charge in [0.1, 0.15) is 0 Å². The van der Waals surface area contributed by atoms with Crippen molar-refractivity contribution in [3.63, 3.8) is 0 Å². The van der Waals surface area contributed by atoms with E-state index < -0.39 is 9.84 Å². The lowest BCUT2D eigenvalue weighted by Crippen LogP contribution is -2.48. The van der Waals surface area contributed by atoms with Crippen LogP contribution in [-0.2, 0) is 14.6 Å². The Morgan fingerprint density at radius 1 is 1.24 bits per heavy atom. The van der Waals surface area contributed by atoms with Crippen LogP contribution in [0, 0.1) is 5.92 Å². The highest BCUT2D eigenvalue weighted by Crippen LogP contribution is 2.23. The molecule has 140 valence electrons. The van der Waals surface area contributed by atoms with E-state index in [1.54, 1.807) is 11.9 Å². The Hall–Kier alpha value is -1.40. The number of nitrogens with one attached hydrogen (secondary N) is 1. The highest BCUT2D eigenvalue weighted by Gasteiger charge is 2.34. The summed E-state index contributed by atoms with van der Waals surface area (Å²) in [4.78, 5) is 14.4. The van der Waals surface area contributed by atoms with Crippen LogP contribution >= 0.6 is 0 Å². The average Bonchev–Trinajstić information content (AvgIpc) is 2.93. The Bertz CT molecular complexity index is 673. The maximum atomic E-state index is 12.8. The molecule has 1 N–H and O–H groups in total. The molecular formula is C19H30N2O3S. The fraction of sp³-hybridized carbons (Fsp3) is 0.632. The van der Waals surface area contributed by atoms with Crippen LogP contribution in [0.1, 0.15) is 45.2 Å². The quantitative estimate of drug-likeness (QED) is 0.805. The van der Waals surface area contributed by atoms with Gasteiger partial charge in [-0.15, -0.1) is 0 Å². The molecule has 1 fully saturated rings. The molecule has 1 aliphatic rings. The van der Waals surface area contributed by atoms with Gasteiger partial charge in [-0.3, -0.25) is 10.1 Å². The molecule has 1 saturated heterocycles. The summed E-state index contributed by atoms with van der Waals surface area (Å²) < 4.78 is 23.3. The Morgan fingerprint density at radius 2 is 1.88 bits per heavy atom. The first-order chi connectivity index (χ1) is 11.7. The first-order valence-corrected chi connectivity index (χ1v) is 10.8. The summed E-state index contributed by atoms with van der Waals surface area (Å²) >= 11 is 0. The fourth-order valence-corrected chi connectivity index (χ4v) is 5.17. The van der Waals surface area contributed by atoms with E-state index in [4.69, 9.17) is 0 Å². The predicted molar refractivity (Wildman–Crippen MR) is 101 cm³/mol. The lowest BCUT2D eigenvalue weighted by molar-refractivity contribution is -0.133. The molecule has 3 atom stereocenters. The first kappa shape index (κ1) is 19.9. The molecule has 2 rings (SSSR count). The maximum Gasteiger partial charge on any atom is 0.239 e. The molecule has 1 amide bonds. The molecule has 1 heterocycles. The van der Waals surface area contributed by atoms with Gasteiger partial charge in [0, 0.05) is 19.1 Å². The van der Waals surface area contributed by atoms with Crippen molar-refractivity contribution in [2.75, 3.05) is 18.6 Å². The summed E-state index contributed by atoms with van der Waals surface area (Å²) in [5.74, 6) is 0.706. The number of amides is 1. The normalized spacial score (nSPS) is 21.9. The summed E-state index contributed by atoms with van der Waals surface area (Å²) in [7, 11) is -1.28. The number of carbonyl (C=O) groups is 1. The van der Waals surface area contributed by atoms with Crippen LogP contribution < -0.4 is 5.32 Å². The van der Waals surface area contributed by atoms with Gasteiger partial charge in [-0.05, 0) is 31.2 Å². The molecule has 0 bridgehead atoms. The molecule has 1 aromatic rings. The smallest absolute Gasteiger partial charge is 0.239 e. The van der Waals surface area contributed by atoms with Crippen LogP contribution in [0.15, 0.2) is 30.3 Å². The highest BCUT2D eigenvalue weighted by atomic mass is 32.2. The number of rotatable bonds is 7. The number of carbonyl (C=O) groups excluding carboxylic acids is 1. The van der Waals surface area contributed by atoms with Crippen molar-refractivity contribution in [3.8, 4) is 0 Å². The Balaban J connectivity index is 2.04. The number of benzene rings is 1. The van der Waals surface area contributed by atoms with Crippen molar-refractivity contribution in [1.29, 1.82) is 0 Å². The summed E-state index contributed by atoms with van der Waals surface area (Å²) in [5.41, 5.74) is 1.17. The van der Waals surface area contributed by atoms with E-state index in [0.717, 1.165) is 6.42 Å². The van der Waals surface area contributed by atoms with Crippen LogP contribution in [0.3, 0.4) is 0 Å². The molecule has 0 radical (unpaired) electrons. The van der Waals surface area contributed by atoms with Gasteiger partial charge in [-0.2, -0.15) is 0 Å². The molecule has 0 saturated carbocycles. The predicted octanol–water partition coefficient (Wildman–Crippen LogP) is 2.40. The summed E-state index contributed by atoms with van der Waals surface area (Å²) in [6, 6.07) is 9.67. The summed E-state index contributed by atoms with van der Waals surface area (Å²) in [6.07, 6.45) is 1.47. The number of nitrogens with zero attached hydrogens (tertiary/aromatic N) is 1. The minimum atomic E-state index is -3.00. The summed E-state index contributed by atoms with van der Waals surface area (Å²) in [5, 5.41) is 3.45. The topological polar surface area (TPSA) is 66.5 Å². The van der Waals surface area contributed by atoms with Gasteiger partial charge in [0.25, 0.3) is 0 Å². The fourth-order valence-electron chi connectivity index (χ4n) is 3.40. The molecule has 1 aliphatic heterocycles. The van der Waals surface area contributed by atoms with Gasteiger partial charge >= 0.3 is 0 Å². The van der Waals surface area contributed by atoms with E-state index in [0.29, 0.717) is 12.3 Å². The largest absolute Gasteiger partial charge is 0.340 e. The molecule has 25 heavy (non-hydrogen) atoms. The zero-order valence-electron chi connectivity index (χ0n) is 15.6. The maximum absolute atomic E-state index is 12.8. The van der Waals surface area contributed by atoms with Crippen molar-refractivity contribution in [1.82, 2.24) is 10.2 Å². The number of likely N-dealkylation sites (N-methyl/N-ethyl adjacent to an activating group) is 1. The SMILES string of the molecule is CC(C)C[C@H](N[C@H](C)C(=O)N(C)[C@H]1CCS(=O)(=O)C1)c1ccccc1. The van der Waals surface area contributed by atoms with Crippen molar-refractivity contribution < 1.29 is 13.2 Å². The van der Waals surface area contributed by atoms with Crippen molar-refractivity contribution in [2.45, 2.75) is 51.7 Å². The molecule has 6 heteroatoms. The number of sulfone groups is 1. The van der Waals surface area contributed by atoms with Crippen LogP contribution in [0.2, 0.25) is 0 Å². The monoisotopic (exact) mass is 366 g/mol. The third-order valence-corrected chi connectivity index (χ3v) is 6.58. The second-order valence-electron chi connectivity index (χ2n) is 7.49. The van der Waals surface area contributed by atoms with Crippen molar-refractivity contribution >= 4 is 15.7 Å². The number of hydrogen-bond donors (Lipinski definition) is 1. The molecule has 0 spiro atoms. The first-order valence-electron chi connectivity index (χ1n) is 8.97. The van der Waals surface area contributed by atoms with Gasteiger partial charge in [0.05, 0.1) is 17.5 Å². The zero-order valence-corrected chi connectivity index (χ0v) is 16.4. The van der Waals surface area contributed by atoms with Gasteiger partial charge < -0.3 is 4.90 Å². The Kier molecular flexibility index (Phi) is 6.63. The average molecular weight is 367 g/mol. The molecular weight excluding hydrogens is 336 g/mol. The van der Waals surface area contributed by atoms with Gasteiger partial charge in [-0.1, -0.05) is 44.2 Å². The van der Waals surface area contributed by atoms with Crippen LogP contribution in [0.4, 0.5) is 0 Å². The second kappa shape index (κ2) is 8.32. The zero-order chi connectivity index (χ0) is 18.6. The van der Waals surface area contributed by atoms with E-state index in [1.807, 2.05) is 25.1 Å². The van der Waals surface area contributed by atoms with Crippen molar-refractivity contribution in [3.05, 3.63) is 35.9 Å². The lowest BCUT2D eigenvalue weighted by atomic mass is 9.96. The third-order valence-electron chi connectivity index (χ3n) is 4.83. The van der Waals surface area contributed by atoms with E-state index in [1.165, 1.54) is 5.56 Å². The molecule has 0 aliphatic carbocycles. The minimum Gasteiger partial charge on any atom is -0.340 e. The van der Waals surface area contributed by atoms with E-state index in [-0.39, 0.29) is 35.5 Å². The highest BCUT2D eigenvalue weighted by molar-refractivity contribution is 7.91. The molecule has 0 unspecified atom stereocenters. The Morgan fingerprint density at radius 3 is 2.40 bits per heavy atom. The van der Waals surface area contributed by atoms with Crippen molar-refractivity contribution in [2.24, 2.45) is 5.92 Å². The van der Waals surface area contributed by atoms with E-state index in [2.05, 4.69) is 31.3 Å². The number of hydrogen-bond acceptors (Lipinski definition) is 4. The van der Waals surface area contributed by atoms with Gasteiger partial charge in [-0.25, -0.2) is 8.42 Å². The third kappa shape index (κ3) is 5.54. The van der Waals surface area contributed by atoms with Crippen LogP contribution in [0.25, 0.3) is 0 Å². The molecule has 5 nitrogen and oxygen atoms in total. The summed E-state index contributed by atoms with van der Waals surface area (Å²) in [6.45, 7) is 6.19. The van der Waals surface area contributed by atoms with E-state index >= 15 is 0 Å². The van der Waals surface area contributed by atoms with Crippen LogP contribution in [0.5, 0.6) is 0 Å². The van der Waals surface area contributed by atoms with E-state index in [9.17, 15) is 13.2 Å². The second-order valence-corrected chi connectivity index (χ2v) is 9.72. The molecule has 1 aromatic carbocycles. The standard InChI is InChI=1S/C19H30N2O3S/c1-14(2)12-18(16-8-6-5-7-9-16)20-15(3)19(22)21(4)17-10-11-25(23,24)13-17/h5-9,14-15,17-18,20H,10-13H2,1-4H3/t15-,17+,18+/m1/s1. The molecule has 0 aromatic heterocycles.